The molecule has 2 atom stereocenters. The second-order valence-corrected chi connectivity index (χ2v) is 5.97. The van der Waals surface area contributed by atoms with E-state index in [-0.39, 0.29) is 0 Å². The summed E-state index contributed by atoms with van der Waals surface area (Å²) in [5.74, 6) is 1.58. The van der Waals surface area contributed by atoms with Gasteiger partial charge < -0.3 is 5.32 Å². The van der Waals surface area contributed by atoms with Crippen LogP contribution in [0.5, 0.6) is 0 Å². The molecule has 1 aromatic rings. The summed E-state index contributed by atoms with van der Waals surface area (Å²) in [5, 5.41) is 3.21. The average Bonchev–Trinajstić information content (AvgIpc) is 2.76. The van der Waals surface area contributed by atoms with Crippen LogP contribution >= 0.6 is 38.9 Å². The lowest BCUT2D eigenvalue weighted by atomic mass is 10.3. The maximum absolute atomic E-state index is 5.98. The minimum Gasteiger partial charge on any atom is -0.319 e. The second-order valence-electron chi connectivity index (χ2n) is 3.43. The molecular weight excluding hydrogens is 270 g/mol. The third kappa shape index (κ3) is 2.09. The van der Waals surface area contributed by atoms with Crippen molar-refractivity contribution in [2.45, 2.75) is 12.3 Å². The van der Waals surface area contributed by atoms with E-state index in [1.54, 1.807) is 11.3 Å². The van der Waals surface area contributed by atoms with Crippen molar-refractivity contribution in [2.75, 3.05) is 13.6 Å². The van der Waals surface area contributed by atoms with Crippen molar-refractivity contribution in [1.29, 1.82) is 0 Å². The molecule has 0 spiro atoms. The van der Waals surface area contributed by atoms with Gasteiger partial charge in [0.2, 0.25) is 0 Å². The van der Waals surface area contributed by atoms with E-state index in [1.807, 2.05) is 7.05 Å². The van der Waals surface area contributed by atoms with Crippen LogP contribution in [0.3, 0.4) is 0 Å². The Balaban J connectivity index is 2.03. The first-order chi connectivity index (χ1) is 6.22. The number of halogens is 2. The molecule has 1 aromatic heterocycles. The monoisotopic (exact) mass is 279 g/mol. The Morgan fingerprint density at radius 3 is 3.08 bits per heavy atom. The lowest BCUT2D eigenvalue weighted by Gasteiger charge is -1.94. The first kappa shape index (κ1) is 9.97. The Morgan fingerprint density at radius 2 is 2.54 bits per heavy atom. The van der Waals surface area contributed by atoms with Gasteiger partial charge in [0.1, 0.15) is 4.34 Å². The van der Waals surface area contributed by atoms with Crippen LogP contribution in [-0.4, -0.2) is 13.6 Å². The van der Waals surface area contributed by atoms with Crippen molar-refractivity contribution in [3.63, 3.8) is 0 Å². The largest absolute Gasteiger partial charge is 0.319 e. The normalized spacial score (nSPS) is 26.4. The molecule has 1 aliphatic rings. The van der Waals surface area contributed by atoms with Crippen molar-refractivity contribution in [2.24, 2.45) is 5.92 Å². The molecule has 1 heterocycles. The number of hydrogen-bond donors (Lipinski definition) is 1. The quantitative estimate of drug-likeness (QED) is 0.894. The molecule has 1 saturated carbocycles. The lowest BCUT2D eigenvalue weighted by Crippen LogP contribution is -2.09. The van der Waals surface area contributed by atoms with Crippen LogP contribution in [0.4, 0.5) is 0 Å². The van der Waals surface area contributed by atoms with Crippen LogP contribution in [0.25, 0.3) is 0 Å². The summed E-state index contributed by atoms with van der Waals surface area (Å²) in [5.41, 5.74) is 0. The third-order valence-electron chi connectivity index (χ3n) is 2.42. The predicted molar refractivity (Wildman–Crippen MR) is 61.8 cm³/mol. The summed E-state index contributed by atoms with van der Waals surface area (Å²) in [6.07, 6.45) is 1.31. The first-order valence-electron chi connectivity index (χ1n) is 4.31. The molecule has 0 aromatic carbocycles. The van der Waals surface area contributed by atoms with E-state index in [2.05, 4.69) is 27.3 Å². The molecule has 0 saturated heterocycles. The SMILES string of the molecule is CNCC1CC1c1cc(Br)c(Cl)s1. The van der Waals surface area contributed by atoms with Gasteiger partial charge in [0.05, 0.1) is 0 Å². The molecule has 2 rings (SSSR count). The Kier molecular flexibility index (Phi) is 2.98. The van der Waals surface area contributed by atoms with Crippen LogP contribution in [0, 0.1) is 5.92 Å². The molecule has 72 valence electrons. The molecule has 13 heavy (non-hydrogen) atoms. The van der Waals surface area contributed by atoms with Crippen molar-refractivity contribution in [3.05, 3.63) is 19.8 Å². The molecule has 0 aliphatic heterocycles. The standard InChI is InChI=1S/C9H11BrClNS/c1-12-4-5-2-6(5)8-3-7(10)9(11)13-8/h3,5-6,12H,2,4H2,1H3. The van der Waals surface area contributed by atoms with Crippen LogP contribution in [0.1, 0.15) is 17.2 Å². The number of thiophene rings is 1. The van der Waals surface area contributed by atoms with Crippen molar-refractivity contribution in [1.82, 2.24) is 5.32 Å². The Bertz CT molecular complexity index is 293. The molecule has 2 unspecified atom stereocenters. The highest BCUT2D eigenvalue weighted by atomic mass is 79.9. The van der Waals surface area contributed by atoms with E-state index in [9.17, 15) is 0 Å². The van der Waals surface area contributed by atoms with E-state index < -0.39 is 0 Å². The van der Waals surface area contributed by atoms with Gasteiger partial charge in [-0.15, -0.1) is 11.3 Å². The molecule has 0 amide bonds. The smallest absolute Gasteiger partial charge is 0.107 e. The highest BCUT2D eigenvalue weighted by molar-refractivity contribution is 9.10. The minimum atomic E-state index is 0.751. The number of hydrogen-bond acceptors (Lipinski definition) is 2. The minimum absolute atomic E-state index is 0.751. The molecule has 0 bridgehead atoms. The fourth-order valence-electron chi connectivity index (χ4n) is 1.63. The highest BCUT2D eigenvalue weighted by Gasteiger charge is 2.38. The zero-order valence-corrected chi connectivity index (χ0v) is 10.5. The van der Waals surface area contributed by atoms with Gasteiger partial charge >= 0.3 is 0 Å². The van der Waals surface area contributed by atoms with Gasteiger partial charge in [-0.25, -0.2) is 0 Å². The van der Waals surface area contributed by atoms with Gasteiger partial charge in [-0.05, 0) is 53.8 Å². The average molecular weight is 281 g/mol. The summed E-state index contributed by atoms with van der Waals surface area (Å²) in [6, 6.07) is 2.16. The van der Waals surface area contributed by atoms with Crippen molar-refractivity contribution < 1.29 is 0 Å². The molecular formula is C9H11BrClNS. The predicted octanol–water partition coefficient (Wildman–Crippen LogP) is 3.49. The molecule has 1 aliphatic carbocycles. The maximum atomic E-state index is 5.98. The van der Waals surface area contributed by atoms with Gasteiger partial charge in [0, 0.05) is 9.35 Å². The first-order valence-corrected chi connectivity index (χ1v) is 6.30. The molecule has 4 heteroatoms. The molecule has 1 nitrogen and oxygen atoms in total. The molecule has 1 N–H and O–H groups in total. The topological polar surface area (TPSA) is 12.0 Å². The number of nitrogens with one attached hydrogen (secondary N) is 1. The maximum Gasteiger partial charge on any atom is 0.107 e. The van der Waals surface area contributed by atoms with Gasteiger partial charge in [-0.2, -0.15) is 0 Å². The Labute approximate surface area is 95.6 Å². The lowest BCUT2D eigenvalue weighted by molar-refractivity contribution is 0.700. The van der Waals surface area contributed by atoms with E-state index in [1.165, 1.54) is 11.3 Å². The van der Waals surface area contributed by atoms with Crippen LogP contribution < -0.4 is 5.32 Å². The summed E-state index contributed by atoms with van der Waals surface area (Å²) in [7, 11) is 2.01. The van der Waals surface area contributed by atoms with Crippen LogP contribution in [-0.2, 0) is 0 Å². The second kappa shape index (κ2) is 3.89. The van der Waals surface area contributed by atoms with E-state index in [0.717, 1.165) is 27.2 Å². The van der Waals surface area contributed by atoms with Gasteiger partial charge in [-0.3, -0.25) is 0 Å². The fraction of sp³-hybridized carbons (Fsp3) is 0.556. The van der Waals surface area contributed by atoms with E-state index >= 15 is 0 Å². The summed E-state index contributed by atoms with van der Waals surface area (Å²) >= 11 is 11.1. The Hall–Kier alpha value is 0.430. The molecule has 0 radical (unpaired) electrons. The van der Waals surface area contributed by atoms with Crippen molar-refractivity contribution >= 4 is 38.9 Å². The van der Waals surface area contributed by atoms with Gasteiger partial charge in [-0.1, -0.05) is 11.6 Å². The molecule has 1 fully saturated rings. The number of rotatable bonds is 3. The summed E-state index contributed by atoms with van der Waals surface area (Å²) in [4.78, 5) is 1.43. The summed E-state index contributed by atoms with van der Waals surface area (Å²) < 4.78 is 1.93. The van der Waals surface area contributed by atoms with E-state index in [4.69, 9.17) is 11.6 Å². The third-order valence-corrected chi connectivity index (χ3v) is 5.03. The zero-order valence-electron chi connectivity index (χ0n) is 7.31. The van der Waals surface area contributed by atoms with Gasteiger partial charge in [0.15, 0.2) is 0 Å². The highest BCUT2D eigenvalue weighted by Crippen LogP contribution is 2.51. The van der Waals surface area contributed by atoms with Gasteiger partial charge in [0.25, 0.3) is 0 Å². The van der Waals surface area contributed by atoms with Crippen LogP contribution in [0.2, 0.25) is 4.34 Å². The fourth-order valence-corrected chi connectivity index (χ4v) is 3.57. The summed E-state index contributed by atoms with van der Waals surface area (Å²) in [6.45, 7) is 1.12. The van der Waals surface area contributed by atoms with E-state index in [0.29, 0.717) is 0 Å². The Morgan fingerprint density at radius 1 is 1.77 bits per heavy atom. The zero-order chi connectivity index (χ0) is 9.42. The van der Waals surface area contributed by atoms with Crippen LogP contribution in [0.15, 0.2) is 10.5 Å². The van der Waals surface area contributed by atoms with Crippen molar-refractivity contribution in [3.8, 4) is 0 Å².